The highest BCUT2D eigenvalue weighted by molar-refractivity contribution is 7.99. The summed E-state index contributed by atoms with van der Waals surface area (Å²) < 4.78 is 15.5. The van der Waals surface area contributed by atoms with Gasteiger partial charge in [-0.15, -0.1) is 10.2 Å². The number of aromatic nitrogens is 4. The third-order valence-corrected chi connectivity index (χ3v) is 5.74. The van der Waals surface area contributed by atoms with Crippen molar-refractivity contribution in [2.45, 2.75) is 42.6 Å². The van der Waals surface area contributed by atoms with Crippen molar-refractivity contribution < 1.29 is 4.39 Å². The van der Waals surface area contributed by atoms with Gasteiger partial charge in [0.15, 0.2) is 11.0 Å². The molecule has 0 saturated heterocycles. The van der Waals surface area contributed by atoms with Gasteiger partial charge < -0.3 is 0 Å². The number of thioether (sulfide) groups is 1. The molecule has 1 aromatic carbocycles. The van der Waals surface area contributed by atoms with Crippen molar-refractivity contribution in [2.24, 2.45) is 0 Å². The lowest BCUT2D eigenvalue weighted by atomic mass is 10.1. The van der Waals surface area contributed by atoms with Crippen LogP contribution in [0.1, 0.15) is 43.0 Å². The number of rotatable bonds is 6. The second-order valence-electron chi connectivity index (χ2n) is 6.22. The maximum absolute atomic E-state index is 13.2. The third kappa shape index (κ3) is 3.44. The zero-order valence-electron chi connectivity index (χ0n) is 14.0. The van der Waals surface area contributed by atoms with Crippen LogP contribution < -0.4 is 0 Å². The number of hydrogen-bond donors (Lipinski definition) is 0. The third-order valence-electron chi connectivity index (χ3n) is 4.36. The summed E-state index contributed by atoms with van der Waals surface area (Å²) in [6.07, 6.45) is 6.85. The molecule has 128 valence electrons. The fourth-order valence-corrected chi connectivity index (χ4v) is 4.05. The first-order valence-electron chi connectivity index (χ1n) is 8.53. The molecule has 1 aliphatic carbocycles. The zero-order valence-corrected chi connectivity index (χ0v) is 14.8. The minimum atomic E-state index is -0.205. The minimum Gasteiger partial charge on any atom is -0.299 e. The van der Waals surface area contributed by atoms with Crippen LogP contribution in [0.3, 0.4) is 0 Å². The van der Waals surface area contributed by atoms with E-state index in [1.54, 1.807) is 18.0 Å². The smallest absolute Gasteiger partial charge is 0.192 e. The van der Waals surface area contributed by atoms with Gasteiger partial charge in [0.2, 0.25) is 0 Å². The van der Waals surface area contributed by atoms with Crippen LogP contribution in [0.15, 0.2) is 53.9 Å². The molecule has 1 saturated carbocycles. The molecule has 1 fully saturated rings. The van der Waals surface area contributed by atoms with Crippen molar-refractivity contribution >= 4 is 11.8 Å². The lowest BCUT2D eigenvalue weighted by Crippen LogP contribution is -2.02. The summed E-state index contributed by atoms with van der Waals surface area (Å²) in [5, 5.41) is 10.0. The average molecular weight is 354 g/mol. The summed E-state index contributed by atoms with van der Waals surface area (Å²) in [7, 11) is 0. The van der Waals surface area contributed by atoms with E-state index in [1.807, 2.05) is 30.5 Å². The van der Waals surface area contributed by atoms with Crippen molar-refractivity contribution in [3.05, 3.63) is 60.2 Å². The molecule has 0 amide bonds. The fraction of sp³-hybridized carbons (Fsp3) is 0.316. The first kappa shape index (κ1) is 16.3. The first-order chi connectivity index (χ1) is 12.3. The first-order valence-corrected chi connectivity index (χ1v) is 9.41. The Labute approximate surface area is 150 Å². The molecule has 25 heavy (non-hydrogen) atoms. The second kappa shape index (κ2) is 6.96. The lowest BCUT2D eigenvalue weighted by molar-refractivity contribution is 0.626. The number of halogens is 1. The highest BCUT2D eigenvalue weighted by Gasteiger charge is 2.31. The molecule has 6 heteroatoms. The highest BCUT2D eigenvalue weighted by atomic mass is 32.2. The van der Waals surface area contributed by atoms with E-state index in [9.17, 15) is 4.39 Å². The number of benzene rings is 1. The molecule has 2 heterocycles. The standard InChI is InChI=1S/C19H19FN4S/c1-2-17(13-5-7-15(20)8-6-13)25-19-23-22-18(24(19)16-9-10-16)14-4-3-11-21-12-14/h3-8,11-12,16-17H,2,9-10H2,1H3/t17-/m0/s1. The van der Waals surface area contributed by atoms with Gasteiger partial charge >= 0.3 is 0 Å². The van der Waals surface area contributed by atoms with Crippen molar-refractivity contribution in [3.8, 4) is 11.4 Å². The summed E-state index contributed by atoms with van der Waals surface area (Å²) in [6, 6.07) is 11.2. The fourth-order valence-electron chi connectivity index (χ4n) is 2.90. The van der Waals surface area contributed by atoms with E-state index in [0.29, 0.717) is 6.04 Å². The van der Waals surface area contributed by atoms with E-state index in [4.69, 9.17) is 0 Å². The van der Waals surface area contributed by atoms with Gasteiger partial charge in [0, 0.05) is 29.2 Å². The Bertz CT molecular complexity index is 844. The van der Waals surface area contributed by atoms with Crippen LogP contribution in [0.4, 0.5) is 4.39 Å². The monoisotopic (exact) mass is 354 g/mol. The number of hydrogen-bond acceptors (Lipinski definition) is 4. The number of nitrogens with zero attached hydrogens (tertiary/aromatic N) is 4. The van der Waals surface area contributed by atoms with Crippen LogP contribution in [0, 0.1) is 5.82 Å². The maximum atomic E-state index is 13.2. The van der Waals surface area contributed by atoms with Crippen molar-refractivity contribution in [3.63, 3.8) is 0 Å². The lowest BCUT2D eigenvalue weighted by Gasteiger charge is -2.16. The van der Waals surface area contributed by atoms with Gasteiger partial charge in [0.05, 0.1) is 0 Å². The zero-order chi connectivity index (χ0) is 17.2. The van der Waals surface area contributed by atoms with Crippen molar-refractivity contribution in [2.75, 3.05) is 0 Å². The molecule has 3 aromatic rings. The van der Waals surface area contributed by atoms with Gasteiger partial charge in [-0.1, -0.05) is 30.8 Å². The van der Waals surface area contributed by atoms with Gasteiger partial charge in [-0.05, 0) is 49.1 Å². The normalized spacial score (nSPS) is 15.3. The van der Waals surface area contributed by atoms with E-state index in [2.05, 4.69) is 26.7 Å². The molecule has 2 aromatic heterocycles. The maximum Gasteiger partial charge on any atom is 0.192 e. The van der Waals surface area contributed by atoms with Gasteiger partial charge in [0.1, 0.15) is 5.82 Å². The Hall–Kier alpha value is -2.21. The molecule has 1 aliphatic rings. The Balaban J connectivity index is 1.66. The highest BCUT2D eigenvalue weighted by Crippen LogP contribution is 2.44. The van der Waals surface area contributed by atoms with Gasteiger partial charge in [-0.2, -0.15) is 0 Å². The predicted octanol–water partition coefficient (Wildman–Crippen LogP) is 5.06. The molecule has 0 N–H and O–H groups in total. The summed E-state index contributed by atoms with van der Waals surface area (Å²) in [5.74, 6) is 0.677. The molecule has 0 spiro atoms. The summed E-state index contributed by atoms with van der Waals surface area (Å²) in [4.78, 5) is 4.20. The topological polar surface area (TPSA) is 43.6 Å². The van der Waals surface area contributed by atoms with Crippen molar-refractivity contribution in [1.82, 2.24) is 19.7 Å². The molecular weight excluding hydrogens is 335 g/mol. The Morgan fingerprint density at radius 1 is 1.20 bits per heavy atom. The van der Waals surface area contributed by atoms with Crippen LogP contribution in [0.25, 0.3) is 11.4 Å². The Morgan fingerprint density at radius 2 is 2.00 bits per heavy atom. The predicted molar refractivity (Wildman–Crippen MR) is 96.8 cm³/mol. The van der Waals surface area contributed by atoms with Crippen LogP contribution in [-0.2, 0) is 0 Å². The summed E-state index contributed by atoms with van der Waals surface area (Å²) in [5.41, 5.74) is 2.10. The van der Waals surface area contributed by atoms with E-state index >= 15 is 0 Å². The largest absolute Gasteiger partial charge is 0.299 e. The van der Waals surface area contributed by atoms with Crippen LogP contribution in [-0.4, -0.2) is 19.7 Å². The van der Waals surface area contributed by atoms with E-state index < -0.39 is 0 Å². The average Bonchev–Trinajstić information content (AvgIpc) is 3.41. The van der Waals surface area contributed by atoms with E-state index in [1.165, 1.54) is 12.1 Å². The minimum absolute atomic E-state index is 0.205. The van der Waals surface area contributed by atoms with Crippen LogP contribution in [0.5, 0.6) is 0 Å². The van der Waals surface area contributed by atoms with Gasteiger partial charge in [-0.3, -0.25) is 9.55 Å². The summed E-state index contributed by atoms with van der Waals surface area (Å²) >= 11 is 1.70. The molecule has 1 atom stereocenters. The van der Waals surface area contributed by atoms with E-state index in [-0.39, 0.29) is 11.1 Å². The molecular formula is C19H19FN4S. The van der Waals surface area contributed by atoms with Crippen LogP contribution in [0.2, 0.25) is 0 Å². The molecule has 0 radical (unpaired) electrons. The molecule has 0 aliphatic heterocycles. The van der Waals surface area contributed by atoms with Crippen LogP contribution >= 0.6 is 11.8 Å². The molecule has 4 rings (SSSR count). The molecule has 0 bridgehead atoms. The Morgan fingerprint density at radius 3 is 2.64 bits per heavy atom. The van der Waals surface area contributed by atoms with Gasteiger partial charge in [0.25, 0.3) is 0 Å². The van der Waals surface area contributed by atoms with Crippen molar-refractivity contribution in [1.29, 1.82) is 0 Å². The Kier molecular flexibility index (Phi) is 4.53. The SMILES string of the molecule is CC[C@H](Sc1nnc(-c2cccnc2)n1C1CC1)c1ccc(F)cc1. The second-order valence-corrected chi connectivity index (χ2v) is 7.39. The quantitative estimate of drug-likeness (QED) is 0.581. The molecule has 4 nitrogen and oxygen atoms in total. The summed E-state index contributed by atoms with van der Waals surface area (Å²) in [6.45, 7) is 2.14. The number of pyridine rings is 1. The molecule has 0 unspecified atom stereocenters. The van der Waals surface area contributed by atoms with Gasteiger partial charge in [-0.25, -0.2) is 4.39 Å². The van der Waals surface area contributed by atoms with E-state index in [0.717, 1.165) is 41.4 Å².